The highest BCUT2D eigenvalue weighted by Crippen LogP contribution is 2.15. The fraction of sp³-hybridized carbons (Fsp3) is 0.800. The van der Waals surface area contributed by atoms with Gasteiger partial charge in [-0.25, -0.2) is 9.79 Å². The quantitative estimate of drug-likeness (QED) is 0.382. The number of nitrogens with zero attached hydrogens (tertiary/aromatic N) is 5. The largest absolute Gasteiger partial charge is 0.444 e. The Morgan fingerprint density at radius 2 is 2.13 bits per heavy atom. The number of guanidine groups is 1. The molecule has 9 nitrogen and oxygen atoms in total. The summed E-state index contributed by atoms with van der Waals surface area (Å²) in [6.45, 7) is 10.2. The predicted molar refractivity (Wildman–Crippen MR) is 122 cm³/mol. The second kappa shape index (κ2) is 11.4. The first-order chi connectivity index (χ1) is 14.2. The molecule has 1 saturated heterocycles. The normalized spacial score (nSPS) is 17.7. The number of amides is 1. The first-order valence-corrected chi connectivity index (χ1v) is 12.0. The van der Waals surface area contributed by atoms with E-state index in [0.29, 0.717) is 13.1 Å². The number of thioether (sulfide) groups is 1. The Morgan fingerprint density at radius 3 is 2.77 bits per heavy atom. The summed E-state index contributed by atoms with van der Waals surface area (Å²) in [7, 11) is 1.94. The van der Waals surface area contributed by atoms with Crippen molar-refractivity contribution in [3.8, 4) is 0 Å². The summed E-state index contributed by atoms with van der Waals surface area (Å²) in [5, 5.41) is 15.2. The van der Waals surface area contributed by atoms with E-state index >= 15 is 0 Å². The van der Waals surface area contributed by atoms with Crippen LogP contribution in [0.2, 0.25) is 0 Å². The first kappa shape index (κ1) is 24.3. The monoisotopic (exact) mass is 439 g/mol. The first-order valence-electron chi connectivity index (χ1n) is 10.6. The highest BCUT2D eigenvalue weighted by Gasteiger charge is 2.28. The Labute approximate surface area is 184 Å². The van der Waals surface area contributed by atoms with Gasteiger partial charge in [0.25, 0.3) is 0 Å². The molecule has 1 unspecified atom stereocenters. The van der Waals surface area contributed by atoms with Gasteiger partial charge in [0.05, 0.1) is 0 Å². The highest BCUT2D eigenvalue weighted by molar-refractivity contribution is 7.98. The van der Waals surface area contributed by atoms with E-state index in [-0.39, 0.29) is 12.1 Å². The minimum atomic E-state index is -0.489. The Bertz CT molecular complexity index is 714. The molecule has 1 aromatic heterocycles. The lowest BCUT2D eigenvalue weighted by Crippen LogP contribution is -2.53. The van der Waals surface area contributed by atoms with Crippen LogP contribution in [0, 0.1) is 6.92 Å². The smallest absolute Gasteiger partial charge is 0.410 e. The third kappa shape index (κ3) is 8.04. The van der Waals surface area contributed by atoms with Gasteiger partial charge in [-0.15, -0.1) is 10.2 Å². The molecule has 170 valence electrons. The summed E-state index contributed by atoms with van der Waals surface area (Å²) < 4.78 is 7.48. The maximum atomic E-state index is 12.4. The van der Waals surface area contributed by atoms with Gasteiger partial charge in [-0.3, -0.25) is 0 Å². The topological polar surface area (TPSA) is 96.7 Å². The second-order valence-corrected chi connectivity index (χ2v) is 9.56. The predicted octanol–water partition coefficient (Wildman–Crippen LogP) is 2.31. The van der Waals surface area contributed by atoms with Gasteiger partial charge >= 0.3 is 6.09 Å². The number of aromatic nitrogens is 3. The van der Waals surface area contributed by atoms with Gasteiger partial charge in [0, 0.05) is 32.7 Å². The van der Waals surface area contributed by atoms with Gasteiger partial charge in [-0.05, 0) is 59.0 Å². The zero-order valence-electron chi connectivity index (χ0n) is 19.2. The number of hydrogen-bond acceptors (Lipinski definition) is 6. The molecule has 0 radical (unpaired) electrons. The number of aliphatic imine (C=N–C) groups is 1. The number of hydrogen-bond donors (Lipinski definition) is 2. The molecule has 0 saturated carbocycles. The molecule has 10 heteroatoms. The van der Waals surface area contributed by atoms with Crippen LogP contribution in [0.1, 0.15) is 51.7 Å². The number of carbonyl (C=O) groups excluding carboxylic acids is 1. The van der Waals surface area contributed by atoms with Crippen molar-refractivity contribution in [1.29, 1.82) is 0 Å². The van der Waals surface area contributed by atoms with Crippen LogP contribution < -0.4 is 10.6 Å². The number of likely N-dealkylation sites (tertiary alicyclic amines) is 1. The summed E-state index contributed by atoms with van der Waals surface area (Å²) in [5.74, 6) is 3.52. The summed E-state index contributed by atoms with van der Waals surface area (Å²) >= 11 is 1.83. The van der Waals surface area contributed by atoms with Crippen LogP contribution in [0.5, 0.6) is 0 Å². The van der Waals surface area contributed by atoms with Gasteiger partial charge in [-0.2, -0.15) is 11.8 Å². The number of piperidine rings is 1. The molecule has 1 amide bonds. The lowest BCUT2D eigenvalue weighted by atomic mass is 10.1. The van der Waals surface area contributed by atoms with E-state index in [1.165, 1.54) is 0 Å². The van der Waals surface area contributed by atoms with Crippen LogP contribution in [0.4, 0.5) is 4.79 Å². The van der Waals surface area contributed by atoms with Crippen molar-refractivity contribution in [2.24, 2.45) is 12.0 Å². The molecule has 2 rings (SSSR count). The molecular formula is C20H37N7O2S. The molecule has 0 bridgehead atoms. The minimum absolute atomic E-state index is 0.124. The average Bonchev–Trinajstić information content (AvgIpc) is 3.00. The van der Waals surface area contributed by atoms with E-state index in [9.17, 15) is 4.79 Å². The molecule has 1 aliphatic heterocycles. The van der Waals surface area contributed by atoms with Crippen LogP contribution in [0.15, 0.2) is 4.99 Å². The van der Waals surface area contributed by atoms with Crippen LogP contribution >= 0.6 is 11.8 Å². The van der Waals surface area contributed by atoms with E-state index in [0.717, 1.165) is 55.7 Å². The zero-order valence-corrected chi connectivity index (χ0v) is 20.0. The SMILES string of the molecule is CSCCCNC(=NCc1nnc(C)n1C)NC1CCCN(C(=O)OC(C)(C)C)C1. The van der Waals surface area contributed by atoms with Crippen LogP contribution in [0.3, 0.4) is 0 Å². The fourth-order valence-electron chi connectivity index (χ4n) is 3.09. The molecule has 1 fully saturated rings. The molecule has 1 aliphatic rings. The molecule has 2 heterocycles. The number of carbonyl (C=O) groups is 1. The Kier molecular flexibility index (Phi) is 9.26. The highest BCUT2D eigenvalue weighted by atomic mass is 32.2. The van der Waals surface area contributed by atoms with Crippen LogP contribution in [-0.4, -0.2) is 75.0 Å². The molecule has 1 atom stereocenters. The van der Waals surface area contributed by atoms with Gasteiger partial charge in [0.15, 0.2) is 11.8 Å². The summed E-state index contributed by atoms with van der Waals surface area (Å²) in [4.78, 5) is 18.9. The van der Waals surface area contributed by atoms with Crippen molar-refractivity contribution < 1.29 is 9.53 Å². The lowest BCUT2D eigenvalue weighted by molar-refractivity contribution is 0.0193. The Hall–Kier alpha value is -1.97. The van der Waals surface area contributed by atoms with Crippen LogP contribution in [0.25, 0.3) is 0 Å². The van der Waals surface area contributed by atoms with Gasteiger partial charge < -0.3 is 24.8 Å². The Morgan fingerprint density at radius 1 is 1.37 bits per heavy atom. The van der Waals surface area contributed by atoms with Crippen molar-refractivity contribution in [2.75, 3.05) is 31.6 Å². The number of nitrogens with one attached hydrogen (secondary N) is 2. The third-order valence-electron chi connectivity index (χ3n) is 4.79. The van der Waals surface area contributed by atoms with Crippen molar-refractivity contribution in [3.05, 3.63) is 11.6 Å². The molecule has 2 N–H and O–H groups in total. The van der Waals surface area contributed by atoms with E-state index in [1.54, 1.807) is 4.90 Å². The van der Waals surface area contributed by atoms with E-state index in [1.807, 2.05) is 51.1 Å². The van der Waals surface area contributed by atoms with Crippen molar-refractivity contribution in [3.63, 3.8) is 0 Å². The van der Waals surface area contributed by atoms with Crippen molar-refractivity contribution in [2.45, 2.75) is 65.1 Å². The molecule has 0 spiro atoms. The summed E-state index contributed by atoms with van der Waals surface area (Å²) in [5.41, 5.74) is -0.489. The van der Waals surface area contributed by atoms with E-state index < -0.39 is 5.60 Å². The van der Waals surface area contributed by atoms with Crippen molar-refractivity contribution in [1.82, 2.24) is 30.3 Å². The fourth-order valence-corrected chi connectivity index (χ4v) is 3.53. The third-order valence-corrected chi connectivity index (χ3v) is 5.49. The minimum Gasteiger partial charge on any atom is -0.444 e. The second-order valence-electron chi connectivity index (χ2n) is 8.57. The van der Waals surface area contributed by atoms with Gasteiger partial charge in [0.2, 0.25) is 0 Å². The average molecular weight is 440 g/mol. The van der Waals surface area contributed by atoms with Gasteiger partial charge in [-0.1, -0.05) is 0 Å². The number of rotatable bonds is 7. The van der Waals surface area contributed by atoms with E-state index in [4.69, 9.17) is 9.73 Å². The molecular weight excluding hydrogens is 402 g/mol. The Balaban J connectivity index is 1.99. The van der Waals surface area contributed by atoms with Crippen LogP contribution in [-0.2, 0) is 18.3 Å². The number of ether oxygens (including phenoxy) is 1. The maximum absolute atomic E-state index is 12.4. The molecule has 30 heavy (non-hydrogen) atoms. The van der Waals surface area contributed by atoms with Gasteiger partial charge in [0.1, 0.15) is 18.0 Å². The van der Waals surface area contributed by atoms with Crippen molar-refractivity contribution >= 4 is 23.8 Å². The number of aryl methyl sites for hydroxylation is 1. The summed E-state index contributed by atoms with van der Waals surface area (Å²) in [6.07, 6.45) is 4.82. The zero-order chi connectivity index (χ0) is 22.1. The molecule has 0 aromatic carbocycles. The van der Waals surface area contributed by atoms with E-state index in [2.05, 4.69) is 27.1 Å². The molecule has 1 aromatic rings. The summed E-state index contributed by atoms with van der Waals surface area (Å²) in [6, 6.07) is 0.124. The lowest BCUT2D eigenvalue weighted by Gasteiger charge is -2.35. The standard InChI is InChI=1S/C20H37N7O2S/c1-15-24-25-17(26(15)5)13-22-18(21-10-8-12-30-6)23-16-9-7-11-27(14-16)19(28)29-20(2,3)4/h16H,7-14H2,1-6H3,(H2,21,22,23). The maximum Gasteiger partial charge on any atom is 0.410 e. The molecule has 0 aliphatic carbocycles.